The zero-order chi connectivity index (χ0) is 17.4. The van der Waals surface area contributed by atoms with Crippen LogP contribution in [0.1, 0.15) is 0 Å². The van der Waals surface area contributed by atoms with Gasteiger partial charge in [0.1, 0.15) is 24.1 Å². The number of carbonyl (C=O) groups is 1. The number of aliphatic hydroxyl groups excluding tert-OH is 3. The summed E-state index contributed by atoms with van der Waals surface area (Å²) in [7, 11) is 1.12. The molecule has 0 amide bonds. The number of aromatic amines is 1. The van der Waals surface area contributed by atoms with Crippen molar-refractivity contribution in [3.63, 3.8) is 0 Å². The van der Waals surface area contributed by atoms with E-state index in [1.165, 1.54) is 6.20 Å². The Bertz CT molecular complexity index is 748. The third-order valence-corrected chi connectivity index (χ3v) is 4.09. The summed E-state index contributed by atoms with van der Waals surface area (Å²) in [5, 5.41) is 31.0. The summed E-state index contributed by atoms with van der Waals surface area (Å²) >= 11 is 5.91. The first-order chi connectivity index (χ1) is 11.4. The quantitative estimate of drug-likeness (QED) is 0.578. The van der Waals surface area contributed by atoms with E-state index in [4.69, 9.17) is 21.1 Å². The van der Waals surface area contributed by atoms with Gasteiger partial charge in [-0.2, -0.15) is 0 Å². The van der Waals surface area contributed by atoms with Crippen LogP contribution in [-0.2, 0) is 14.3 Å². The number of hydrogen-bond donors (Lipinski definition) is 4. The molecule has 0 bridgehead atoms. The topological polar surface area (TPSA) is 121 Å². The second-order valence-electron chi connectivity index (χ2n) is 5.38. The van der Waals surface area contributed by atoms with E-state index in [9.17, 15) is 20.1 Å². The van der Waals surface area contributed by atoms with Gasteiger partial charge >= 0.3 is 5.97 Å². The molecule has 0 spiro atoms. The number of nitrogens with one attached hydrogen (secondary N) is 1. The zero-order valence-corrected chi connectivity index (χ0v) is 13.3. The third kappa shape index (κ3) is 2.94. The Labute approximate surface area is 141 Å². The van der Waals surface area contributed by atoms with Gasteiger partial charge in [-0.05, 0) is 18.2 Å². The van der Waals surface area contributed by atoms with Gasteiger partial charge in [0, 0.05) is 16.6 Å². The van der Waals surface area contributed by atoms with Gasteiger partial charge < -0.3 is 34.5 Å². The standard InChI is InChI=1S/C15H16ClNO7/c1-22-14(21)13-11(19)10(18)12(20)15(24-13)23-9-5-17-8-4-6(16)2-3-7(8)9/h2-5,10-13,15,17-20H,1H3/t10-,11-,12+,13-,15+/m0/s1. The highest BCUT2D eigenvalue weighted by atomic mass is 35.5. The molecule has 3 rings (SSSR count). The Morgan fingerprint density at radius 3 is 2.71 bits per heavy atom. The zero-order valence-electron chi connectivity index (χ0n) is 12.5. The van der Waals surface area contributed by atoms with Crippen molar-refractivity contribution in [2.45, 2.75) is 30.7 Å². The first-order valence-electron chi connectivity index (χ1n) is 7.13. The van der Waals surface area contributed by atoms with Crippen molar-refractivity contribution < 1.29 is 34.3 Å². The molecule has 130 valence electrons. The van der Waals surface area contributed by atoms with E-state index in [0.29, 0.717) is 21.7 Å². The fourth-order valence-corrected chi connectivity index (χ4v) is 2.72. The average molecular weight is 358 g/mol. The number of benzene rings is 1. The minimum Gasteiger partial charge on any atom is -0.467 e. The van der Waals surface area contributed by atoms with E-state index >= 15 is 0 Å². The fourth-order valence-electron chi connectivity index (χ4n) is 2.55. The SMILES string of the molecule is COC(=O)[C@H]1O[C@@H](Oc2c[nH]c3cc(Cl)ccc23)[C@H](O)[C@@H](O)[C@@H]1O. The molecule has 4 N–H and O–H groups in total. The summed E-state index contributed by atoms with van der Waals surface area (Å²) in [4.78, 5) is 14.6. The first kappa shape index (κ1) is 17.0. The minimum atomic E-state index is -1.63. The van der Waals surface area contributed by atoms with Crippen LogP contribution in [0.15, 0.2) is 24.4 Å². The van der Waals surface area contributed by atoms with E-state index in [0.717, 1.165) is 7.11 Å². The number of rotatable bonds is 3. The van der Waals surface area contributed by atoms with Crippen molar-refractivity contribution in [1.82, 2.24) is 4.98 Å². The summed E-state index contributed by atoms with van der Waals surface area (Å²) in [5.41, 5.74) is 0.702. The predicted molar refractivity (Wildman–Crippen MR) is 82.6 cm³/mol. The van der Waals surface area contributed by atoms with Crippen molar-refractivity contribution >= 4 is 28.5 Å². The van der Waals surface area contributed by atoms with E-state index in [1.807, 2.05) is 0 Å². The van der Waals surface area contributed by atoms with Gasteiger partial charge in [-0.15, -0.1) is 0 Å². The first-order valence-corrected chi connectivity index (χ1v) is 7.51. The number of carbonyl (C=O) groups excluding carboxylic acids is 1. The number of ether oxygens (including phenoxy) is 3. The molecular weight excluding hydrogens is 342 g/mol. The van der Waals surface area contributed by atoms with Crippen molar-refractivity contribution in [2.24, 2.45) is 0 Å². The lowest BCUT2D eigenvalue weighted by atomic mass is 9.99. The van der Waals surface area contributed by atoms with Crippen LogP contribution in [0.5, 0.6) is 5.75 Å². The number of methoxy groups -OCH3 is 1. The number of esters is 1. The monoisotopic (exact) mass is 357 g/mol. The fraction of sp³-hybridized carbons (Fsp3) is 0.400. The third-order valence-electron chi connectivity index (χ3n) is 3.85. The van der Waals surface area contributed by atoms with Gasteiger partial charge in [-0.3, -0.25) is 0 Å². The summed E-state index contributed by atoms with van der Waals surface area (Å²) in [6.07, 6.45) is -6.14. The number of aromatic nitrogens is 1. The molecule has 24 heavy (non-hydrogen) atoms. The molecular formula is C15H16ClNO7. The van der Waals surface area contributed by atoms with Crippen molar-refractivity contribution in [3.8, 4) is 5.75 Å². The maximum absolute atomic E-state index is 11.7. The molecule has 1 aliphatic rings. The number of fused-ring (bicyclic) bond motifs is 1. The number of aliphatic hydroxyl groups is 3. The van der Waals surface area contributed by atoms with Crippen LogP contribution in [0.4, 0.5) is 0 Å². The molecule has 9 heteroatoms. The average Bonchev–Trinajstić information content (AvgIpc) is 2.96. The van der Waals surface area contributed by atoms with E-state index in [-0.39, 0.29) is 0 Å². The Morgan fingerprint density at radius 1 is 1.25 bits per heavy atom. The van der Waals surface area contributed by atoms with Gasteiger partial charge in [0.15, 0.2) is 6.10 Å². The van der Waals surface area contributed by atoms with Crippen LogP contribution in [0.3, 0.4) is 0 Å². The Hall–Kier alpha value is -1.84. The molecule has 0 aliphatic carbocycles. The predicted octanol–water partition coefficient (Wildman–Crippen LogP) is 0.181. The highest BCUT2D eigenvalue weighted by Crippen LogP contribution is 2.31. The molecule has 2 heterocycles. The molecule has 1 aromatic carbocycles. The Kier molecular flexibility index (Phi) is 4.66. The Balaban J connectivity index is 1.85. The minimum absolute atomic E-state index is 0.331. The lowest BCUT2D eigenvalue weighted by molar-refractivity contribution is -0.271. The second kappa shape index (κ2) is 6.58. The molecule has 1 aromatic heterocycles. The van der Waals surface area contributed by atoms with Crippen LogP contribution in [0.25, 0.3) is 10.9 Å². The van der Waals surface area contributed by atoms with Crippen molar-refractivity contribution in [3.05, 3.63) is 29.4 Å². The van der Waals surface area contributed by atoms with Crippen LogP contribution in [-0.4, -0.2) is 64.1 Å². The van der Waals surface area contributed by atoms with E-state index < -0.39 is 36.7 Å². The Morgan fingerprint density at radius 2 is 2.00 bits per heavy atom. The number of hydrogen-bond acceptors (Lipinski definition) is 7. The summed E-state index contributed by atoms with van der Waals surface area (Å²) in [6.45, 7) is 0. The molecule has 5 atom stereocenters. The molecule has 0 radical (unpaired) electrons. The summed E-state index contributed by atoms with van der Waals surface area (Å²) < 4.78 is 15.4. The molecule has 0 unspecified atom stereocenters. The number of H-pyrrole nitrogens is 1. The molecule has 8 nitrogen and oxygen atoms in total. The molecule has 1 fully saturated rings. The largest absolute Gasteiger partial charge is 0.467 e. The number of halogens is 1. The molecule has 1 aliphatic heterocycles. The van der Waals surface area contributed by atoms with Crippen LogP contribution in [0.2, 0.25) is 5.02 Å². The van der Waals surface area contributed by atoms with Gasteiger partial charge in [0.05, 0.1) is 12.6 Å². The van der Waals surface area contributed by atoms with Crippen LogP contribution in [0, 0.1) is 0 Å². The molecule has 0 saturated carbocycles. The second-order valence-corrected chi connectivity index (χ2v) is 5.82. The van der Waals surface area contributed by atoms with Crippen LogP contribution >= 0.6 is 11.6 Å². The maximum Gasteiger partial charge on any atom is 0.337 e. The maximum atomic E-state index is 11.7. The van der Waals surface area contributed by atoms with E-state index in [1.54, 1.807) is 18.2 Å². The lowest BCUT2D eigenvalue weighted by Crippen LogP contribution is -2.61. The highest BCUT2D eigenvalue weighted by Gasteiger charge is 2.48. The van der Waals surface area contributed by atoms with Gasteiger partial charge in [0.25, 0.3) is 0 Å². The normalized spacial score (nSPS) is 30.3. The van der Waals surface area contributed by atoms with E-state index in [2.05, 4.69) is 9.72 Å². The summed E-state index contributed by atoms with van der Waals surface area (Å²) in [5.74, 6) is -0.550. The molecule has 2 aromatic rings. The van der Waals surface area contributed by atoms with Gasteiger partial charge in [0.2, 0.25) is 6.29 Å². The lowest BCUT2D eigenvalue weighted by Gasteiger charge is -2.38. The summed E-state index contributed by atoms with van der Waals surface area (Å²) in [6, 6.07) is 5.07. The molecule has 1 saturated heterocycles. The van der Waals surface area contributed by atoms with Crippen LogP contribution < -0.4 is 4.74 Å². The van der Waals surface area contributed by atoms with Crippen molar-refractivity contribution in [2.75, 3.05) is 7.11 Å². The highest BCUT2D eigenvalue weighted by molar-refractivity contribution is 6.31. The smallest absolute Gasteiger partial charge is 0.337 e. The van der Waals surface area contributed by atoms with Gasteiger partial charge in [-0.25, -0.2) is 4.79 Å². The van der Waals surface area contributed by atoms with Crippen molar-refractivity contribution in [1.29, 1.82) is 0 Å². The van der Waals surface area contributed by atoms with Gasteiger partial charge in [-0.1, -0.05) is 11.6 Å².